The van der Waals surface area contributed by atoms with Crippen LogP contribution in [0.15, 0.2) is 24.7 Å². The summed E-state index contributed by atoms with van der Waals surface area (Å²) < 4.78 is 32.8. The number of nitrogens with zero attached hydrogens (tertiary/aromatic N) is 4. The number of rotatable bonds is 6. The molecule has 3 aromatic rings. The number of methoxy groups -OCH3 is 1. The molecule has 31 heavy (non-hydrogen) atoms. The highest BCUT2D eigenvalue weighted by Crippen LogP contribution is 2.39. The number of fused-ring (bicyclic) bond motifs is 3. The van der Waals surface area contributed by atoms with E-state index in [1.165, 1.54) is 0 Å². The Morgan fingerprint density at radius 3 is 2.81 bits per heavy atom. The van der Waals surface area contributed by atoms with Crippen molar-refractivity contribution in [1.29, 1.82) is 0 Å². The van der Waals surface area contributed by atoms with E-state index in [1.54, 1.807) is 17.6 Å². The maximum atomic E-state index is 12.9. The molecule has 8 nitrogen and oxygen atoms in total. The molecule has 1 saturated heterocycles. The standard InChI is InChI=1S/C22H29N5O3S/c1-30-13-16-7-9-27(12-16)31(28,29)14-15-2-4-17(5-3-15)21-20-18(11-25-26-21)10-24-22-19(20)6-8-23-22/h6,8,10-11,15-17H,2-5,7,9,12-14H2,1H3,(H,23,24). The van der Waals surface area contributed by atoms with Crippen molar-refractivity contribution >= 4 is 31.8 Å². The van der Waals surface area contributed by atoms with Gasteiger partial charge in [-0.3, -0.25) is 0 Å². The quantitative estimate of drug-likeness (QED) is 0.628. The molecule has 1 atom stereocenters. The first-order valence-corrected chi connectivity index (χ1v) is 12.7. The highest BCUT2D eigenvalue weighted by Gasteiger charge is 2.35. The van der Waals surface area contributed by atoms with Crippen molar-refractivity contribution in [2.24, 2.45) is 11.8 Å². The fourth-order valence-electron chi connectivity index (χ4n) is 5.32. The monoisotopic (exact) mass is 443 g/mol. The molecule has 0 spiro atoms. The molecule has 1 unspecified atom stereocenters. The molecule has 9 heteroatoms. The van der Waals surface area contributed by atoms with E-state index in [2.05, 4.69) is 20.2 Å². The van der Waals surface area contributed by atoms with E-state index < -0.39 is 10.0 Å². The van der Waals surface area contributed by atoms with Gasteiger partial charge in [-0.2, -0.15) is 10.2 Å². The summed E-state index contributed by atoms with van der Waals surface area (Å²) in [5.41, 5.74) is 1.88. The predicted octanol–water partition coefficient (Wildman–Crippen LogP) is 3.08. The molecule has 1 aliphatic carbocycles. The molecule has 5 rings (SSSR count). The Morgan fingerprint density at radius 2 is 2.00 bits per heavy atom. The van der Waals surface area contributed by atoms with Crippen LogP contribution < -0.4 is 0 Å². The number of nitrogens with one attached hydrogen (secondary N) is 1. The number of H-pyrrole nitrogens is 1. The van der Waals surface area contributed by atoms with Crippen LogP contribution in [-0.4, -0.2) is 65.4 Å². The summed E-state index contributed by atoms with van der Waals surface area (Å²) in [6, 6.07) is 2.04. The molecule has 1 aliphatic heterocycles. The summed E-state index contributed by atoms with van der Waals surface area (Å²) in [7, 11) is -1.54. The molecule has 1 saturated carbocycles. The molecular formula is C22H29N5O3S. The summed E-state index contributed by atoms with van der Waals surface area (Å²) in [4.78, 5) is 7.63. The number of aromatic amines is 1. The fourth-order valence-corrected chi connectivity index (χ4v) is 7.28. The predicted molar refractivity (Wildman–Crippen MR) is 119 cm³/mol. The van der Waals surface area contributed by atoms with Gasteiger partial charge in [-0.15, -0.1) is 0 Å². The molecule has 2 fully saturated rings. The van der Waals surface area contributed by atoms with Gasteiger partial charge in [0.05, 0.1) is 24.3 Å². The number of pyridine rings is 1. The minimum absolute atomic E-state index is 0.208. The van der Waals surface area contributed by atoms with E-state index in [0.717, 1.165) is 59.6 Å². The van der Waals surface area contributed by atoms with Crippen LogP contribution in [0.1, 0.15) is 43.7 Å². The van der Waals surface area contributed by atoms with Crippen molar-refractivity contribution in [3.63, 3.8) is 0 Å². The highest BCUT2D eigenvalue weighted by atomic mass is 32.2. The molecule has 4 heterocycles. The summed E-state index contributed by atoms with van der Waals surface area (Å²) in [6.07, 6.45) is 10.1. The summed E-state index contributed by atoms with van der Waals surface area (Å²) >= 11 is 0. The smallest absolute Gasteiger partial charge is 0.214 e. The van der Waals surface area contributed by atoms with Crippen molar-refractivity contribution in [2.45, 2.75) is 38.0 Å². The van der Waals surface area contributed by atoms with Gasteiger partial charge in [0.1, 0.15) is 5.65 Å². The lowest BCUT2D eigenvalue weighted by molar-refractivity contribution is 0.157. The molecule has 3 aromatic heterocycles. The Morgan fingerprint density at radius 1 is 1.16 bits per heavy atom. The van der Waals surface area contributed by atoms with Gasteiger partial charge in [-0.25, -0.2) is 17.7 Å². The number of ether oxygens (including phenoxy) is 1. The third-order valence-corrected chi connectivity index (χ3v) is 8.97. The van der Waals surface area contributed by atoms with Gasteiger partial charge < -0.3 is 9.72 Å². The minimum atomic E-state index is -3.21. The number of hydrogen-bond acceptors (Lipinski definition) is 6. The average molecular weight is 444 g/mol. The summed E-state index contributed by atoms with van der Waals surface area (Å²) in [6.45, 7) is 1.85. The zero-order valence-corrected chi connectivity index (χ0v) is 18.6. The van der Waals surface area contributed by atoms with E-state index >= 15 is 0 Å². The second-order valence-corrected chi connectivity index (χ2v) is 11.0. The Bertz CT molecular complexity index is 1170. The molecule has 1 N–H and O–H groups in total. The summed E-state index contributed by atoms with van der Waals surface area (Å²) in [5, 5.41) is 11.9. The first kappa shape index (κ1) is 20.8. The number of aromatic nitrogens is 4. The third-order valence-electron chi connectivity index (χ3n) is 6.96. The van der Waals surface area contributed by atoms with Crippen molar-refractivity contribution in [2.75, 3.05) is 32.6 Å². The molecule has 166 valence electrons. The lowest BCUT2D eigenvalue weighted by Crippen LogP contribution is -2.35. The molecule has 0 radical (unpaired) electrons. The average Bonchev–Trinajstić information content (AvgIpc) is 3.44. The van der Waals surface area contributed by atoms with Crippen molar-refractivity contribution in [1.82, 2.24) is 24.5 Å². The lowest BCUT2D eigenvalue weighted by Gasteiger charge is -2.29. The van der Waals surface area contributed by atoms with Gasteiger partial charge in [-0.1, -0.05) is 0 Å². The van der Waals surface area contributed by atoms with E-state index in [-0.39, 0.29) is 11.7 Å². The highest BCUT2D eigenvalue weighted by molar-refractivity contribution is 7.89. The number of sulfonamides is 1. The van der Waals surface area contributed by atoms with Gasteiger partial charge >= 0.3 is 0 Å². The normalized spacial score (nSPS) is 25.5. The lowest BCUT2D eigenvalue weighted by atomic mass is 9.80. The molecule has 2 aliphatic rings. The van der Waals surface area contributed by atoms with Crippen LogP contribution in [0.2, 0.25) is 0 Å². The van der Waals surface area contributed by atoms with Crippen molar-refractivity contribution in [3.8, 4) is 0 Å². The second kappa shape index (κ2) is 8.44. The summed E-state index contributed by atoms with van der Waals surface area (Å²) in [5.74, 6) is 1.08. The van der Waals surface area contributed by atoms with Crippen molar-refractivity contribution < 1.29 is 13.2 Å². The molecule has 0 amide bonds. The Kier molecular flexibility index (Phi) is 5.66. The van der Waals surface area contributed by atoms with E-state index in [0.29, 0.717) is 31.5 Å². The fraction of sp³-hybridized carbons (Fsp3) is 0.591. The first-order valence-electron chi connectivity index (χ1n) is 11.1. The second-order valence-electron chi connectivity index (χ2n) is 9.02. The minimum Gasteiger partial charge on any atom is -0.384 e. The molecular weight excluding hydrogens is 414 g/mol. The van der Waals surface area contributed by atoms with E-state index in [4.69, 9.17) is 4.74 Å². The topological polar surface area (TPSA) is 101 Å². The van der Waals surface area contributed by atoms with Crippen LogP contribution in [0.4, 0.5) is 0 Å². The maximum Gasteiger partial charge on any atom is 0.214 e. The Balaban J connectivity index is 1.28. The zero-order chi connectivity index (χ0) is 21.4. The maximum absolute atomic E-state index is 12.9. The number of hydrogen-bond donors (Lipinski definition) is 1. The van der Waals surface area contributed by atoms with Gasteiger partial charge in [0.25, 0.3) is 0 Å². The van der Waals surface area contributed by atoms with Crippen LogP contribution >= 0.6 is 0 Å². The molecule has 0 bridgehead atoms. The van der Waals surface area contributed by atoms with Crippen LogP contribution in [0.3, 0.4) is 0 Å². The largest absolute Gasteiger partial charge is 0.384 e. The zero-order valence-electron chi connectivity index (χ0n) is 17.8. The van der Waals surface area contributed by atoms with Crippen molar-refractivity contribution in [3.05, 3.63) is 30.4 Å². The van der Waals surface area contributed by atoms with E-state index in [9.17, 15) is 8.42 Å². The van der Waals surface area contributed by atoms with Crippen LogP contribution in [0.25, 0.3) is 21.8 Å². The van der Waals surface area contributed by atoms with Crippen LogP contribution in [-0.2, 0) is 14.8 Å². The third kappa shape index (κ3) is 4.06. The van der Waals surface area contributed by atoms with Gasteiger partial charge in [0.2, 0.25) is 10.0 Å². The van der Waals surface area contributed by atoms with Gasteiger partial charge in [0.15, 0.2) is 0 Å². The van der Waals surface area contributed by atoms with Crippen LogP contribution in [0, 0.1) is 11.8 Å². The van der Waals surface area contributed by atoms with Crippen LogP contribution in [0.5, 0.6) is 0 Å². The van der Waals surface area contributed by atoms with Gasteiger partial charge in [-0.05, 0) is 50.0 Å². The van der Waals surface area contributed by atoms with E-state index in [1.807, 2.05) is 18.5 Å². The SMILES string of the molecule is COCC1CCN(S(=O)(=O)CC2CCC(c3nncc4cnc5[nH]ccc5c34)CC2)C1. The Hall–Kier alpha value is -2.10. The Labute approximate surface area is 182 Å². The first-order chi connectivity index (χ1) is 15.0. The van der Waals surface area contributed by atoms with Gasteiger partial charge in [0, 0.05) is 54.7 Å². The molecule has 0 aromatic carbocycles.